The fourth-order valence-electron chi connectivity index (χ4n) is 2.60. The maximum absolute atomic E-state index is 12.7. The van der Waals surface area contributed by atoms with E-state index in [0.717, 1.165) is 23.3 Å². The Kier molecular flexibility index (Phi) is 7.70. The Labute approximate surface area is 173 Å². The highest BCUT2D eigenvalue weighted by Crippen LogP contribution is 2.17. The van der Waals surface area contributed by atoms with Crippen molar-refractivity contribution in [2.45, 2.75) is 45.6 Å². The molecule has 0 aromatic heterocycles. The molecule has 0 saturated carbocycles. The van der Waals surface area contributed by atoms with E-state index in [-0.39, 0.29) is 17.3 Å². The van der Waals surface area contributed by atoms with E-state index in [2.05, 4.69) is 24.4 Å². The molecule has 0 fully saturated rings. The molecule has 156 valence electrons. The van der Waals surface area contributed by atoms with E-state index >= 15 is 0 Å². The summed E-state index contributed by atoms with van der Waals surface area (Å²) >= 11 is 0. The summed E-state index contributed by atoms with van der Waals surface area (Å²) in [7, 11) is -2.03. The molecular formula is C22H29N3O3S. The average Bonchev–Trinajstić information content (AvgIpc) is 2.71. The first-order valence-corrected chi connectivity index (χ1v) is 11.1. The second kappa shape index (κ2) is 9.80. The van der Waals surface area contributed by atoms with Gasteiger partial charge < -0.3 is 0 Å². The lowest BCUT2D eigenvalue weighted by molar-refractivity contribution is 0.0954. The van der Waals surface area contributed by atoms with E-state index in [1.807, 2.05) is 13.8 Å². The minimum atomic E-state index is -3.57. The van der Waals surface area contributed by atoms with Gasteiger partial charge in [-0.05, 0) is 56.0 Å². The zero-order chi connectivity index (χ0) is 21.6. The third-order valence-electron chi connectivity index (χ3n) is 5.01. The first-order valence-electron chi connectivity index (χ1n) is 9.61. The minimum absolute atomic E-state index is 0.212. The molecule has 0 aliphatic heterocycles. The van der Waals surface area contributed by atoms with Crippen LogP contribution >= 0.6 is 0 Å². The number of hydrogen-bond acceptors (Lipinski definition) is 4. The van der Waals surface area contributed by atoms with Crippen LogP contribution in [0.5, 0.6) is 0 Å². The van der Waals surface area contributed by atoms with Crippen molar-refractivity contribution in [3.63, 3.8) is 0 Å². The van der Waals surface area contributed by atoms with Crippen molar-refractivity contribution in [3.8, 4) is 0 Å². The summed E-state index contributed by atoms with van der Waals surface area (Å²) in [5.74, 6) is 0.0172. The van der Waals surface area contributed by atoms with Gasteiger partial charge in [0.15, 0.2) is 0 Å². The van der Waals surface area contributed by atoms with Crippen molar-refractivity contribution in [1.29, 1.82) is 0 Å². The Bertz CT molecular complexity index is 965. The van der Waals surface area contributed by atoms with Crippen LogP contribution in [-0.2, 0) is 16.6 Å². The molecule has 7 heteroatoms. The van der Waals surface area contributed by atoms with E-state index < -0.39 is 10.0 Å². The van der Waals surface area contributed by atoms with E-state index in [0.29, 0.717) is 11.5 Å². The summed E-state index contributed by atoms with van der Waals surface area (Å²) in [5.41, 5.74) is 5.71. The molecule has 1 amide bonds. The van der Waals surface area contributed by atoms with Gasteiger partial charge in [0.05, 0.1) is 4.90 Å². The SMILES string of the molecule is CC[C@H](C)/C(C)=N\NC(=O)c1ccc(CN(C)S(=O)(=O)c2ccc(C)cc2)cc1. The van der Waals surface area contributed by atoms with Crippen molar-refractivity contribution in [1.82, 2.24) is 9.73 Å². The predicted octanol–water partition coefficient (Wildman–Crippen LogP) is 3.97. The third kappa shape index (κ3) is 5.98. The van der Waals surface area contributed by atoms with Gasteiger partial charge in [-0.1, -0.05) is 43.7 Å². The highest BCUT2D eigenvalue weighted by Gasteiger charge is 2.20. The minimum Gasteiger partial charge on any atom is -0.267 e. The van der Waals surface area contributed by atoms with Gasteiger partial charge in [0.25, 0.3) is 5.91 Å². The average molecular weight is 416 g/mol. The number of amides is 1. The van der Waals surface area contributed by atoms with Crippen LogP contribution in [0.4, 0.5) is 0 Å². The monoisotopic (exact) mass is 415 g/mol. The molecular weight excluding hydrogens is 386 g/mol. The zero-order valence-electron chi connectivity index (χ0n) is 17.6. The first-order chi connectivity index (χ1) is 13.6. The summed E-state index contributed by atoms with van der Waals surface area (Å²) in [4.78, 5) is 12.5. The number of rotatable bonds is 8. The highest BCUT2D eigenvalue weighted by atomic mass is 32.2. The molecule has 0 unspecified atom stereocenters. The number of nitrogens with one attached hydrogen (secondary N) is 1. The standard InChI is InChI=1S/C22H29N3O3S/c1-6-17(3)18(4)23-24-22(26)20-11-9-19(10-12-20)15-25(5)29(27,28)21-13-7-16(2)8-14-21/h7-14,17H,6,15H2,1-5H3,(H,24,26)/b23-18-/t17-/m0/s1. The van der Waals surface area contributed by atoms with Crippen molar-refractivity contribution in [2.24, 2.45) is 11.0 Å². The molecule has 0 aliphatic rings. The Morgan fingerprint density at radius 1 is 1.10 bits per heavy atom. The molecule has 2 aromatic carbocycles. The summed E-state index contributed by atoms with van der Waals surface area (Å²) < 4.78 is 26.7. The summed E-state index contributed by atoms with van der Waals surface area (Å²) in [6.07, 6.45) is 0.957. The molecule has 0 bridgehead atoms. The molecule has 1 atom stereocenters. The van der Waals surface area contributed by atoms with E-state index in [4.69, 9.17) is 0 Å². The van der Waals surface area contributed by atoms with Gasteiger partial charge >= 0.3 is 0 Å². The van der Waals surface area contributed by atoms with Crippen LogP contribution in [-0.4, -0.2) is 31.4 Å². The van der Waals surface area contributed by atoms with Gasteiger partial charge in [-0.15, -0.1) is 0 Å². The highest BCUT2D eigenvalue weighted by molar-refractivity contribution is 7.89. The number of nitrogens with zero attached hydrogens (tertiary/aromatic N) is 2. The summed E-state index contributed by atoms with van der Waals surface area (Å²) in [6, 6.07) is 13.6. The van der Waals surface area contributed by atoms with Gasteiger partial charge in [-0.3, -0.25) is 4.79 Å². The first kappa shape index (κ1) is 22.8. The smallest absolute Gasteiger partial charge is 0.267 e. The Hall–Kier alpha value is -2.51. The Morgan fingerprint density at radius 3 is 2.24 bits per heavy atom. The lowest BCUT2D eigenvalue weighted by Crippen LogP contribution is -2.26. The summed E-state index contributed by atoms with van der Waals surface area (Å²) in [5, 5.41) is 4.14. The molecule has 0 spiro atoms. The van der Waals surface area contributed by atoms with Crippen molar-refractivity contribution >= 4 is 21.6 Å². The number of sulfonamides is 1. The van der Waals surface area contributed by atoms with Crippen LogP contribution in [0.25, 0.3) is 0 Å². The van der Waals surface area contributed by atoms with Gasteiger partial charge in [0.1, 0.15) is 0 Å². The van der Waals surface area contributed by atoms with Crippen LogP contribution in [0.1, 0.15) is 48.7 Å². The fraction of sp³-hybridized carbons (Fsp3) is 0.364. The van der Waals surface area contributed by atoms with Crippen molar-refractivity contribution in [3.05, 3.63) is 65.2 Å². The molecule has 1 N–H and O–H groups in total. The van der Waals surface area contributed by atoms with Crippen molar-refractivity contribution in [2.75, 3.05) is 7.05 Å². The normalized spacial score (nSPS) is 13.4. The molecule has 0 aliphatic carbocycles. The maximum atomic E-state index is 12.7. The lowest BCUT2D eigenvalue weighted by atomic mass is 10.1. The summed E-state index contributed by atoms with van der Waals surface area (Å²) in [6.45, 7) is 8.14. The third-order valence-corrected chi connectivity index (χ3v) is 6.83. The number of hydrazone groups is 1. The maximum Gasteiger partial charge on any atom is 0.271 e. The van der Waals surface area contributed by atoms with Gasteiger partial charge in [-0.25, -0.2) is 13.8 Å². The number of aryl methyl sites for hydroxylation is 1. The predicted molar refractivity (Wildman–Crippen MR) is 116 cm³/mol. The molecule has 29 heavy (non-hydrogen) atoms. The Balaban J connectivity index is 2.04. The van der Waals surface area contributed by atoms with Crippen LogP contribution in [0.3, 0.4) is 0 Å². The number of hydrogen-bond donors (Lipinski definition) is 1. The van der Waals surface area contributed by atoms with Gasteiger partial charge in [-0.2, -0.15) is 9.41 Å². The molecule has 2 aromatic rings. The number of carbonyl (C=O) groups is 1. The largest absolute Gasteiger partial charge is 0.271 e. The lowest BCUT2D eigenvalue weighted by Gasteiger charge is -2.17. The van der Waals surface area contributed by atoms with E-state index in [1.165, 1.54) is 4.31 Å². The van der Waals surface area contributed by atoms with Crippen LogP contribution in [0, 0.1) is 12.8 Å². The molecule has 2 rings (SSSR count). The molecule has 0 radical (unpaired) electrons. The fourth-order valence-corrected chi connectivity index (χ4v) is 3.76. The van der Waals surface area contributed by atoms with Gasteiger partial charge in [0.2, 0.25) is 10.0 Å². The topological polar surface area (TPSA) is 78.8 Å². The van der Waals surface area contributed by atoms with Crippen LogP contribution in [0.15, 0.2) is 58.5 Å². The van der Waals surface area contributed by atoms with Gasteiger partial charge in [0, 0.05) is 24.9 Å². The van der Waals surface area contributed by atoms with E-state index in [9.17, 15) is 13.2 Å². The molecule has 0 saturated heterocycles. The number of benzene rings is 2. The van der Waals surface area contributed by atoms with Crippen LogP contribution < -0.4 is 5.43 Å². The van der Waals surface area contributed by atoms with E-state index in [1.54, 1.807) is 55.6 Å². The van der Waals surface area contributed by atoms with Crippen LogP contribution in [0.2, 0.25) is 0 Å². The second-order valence-corrected chi connectivity index (χ2v) is 9.32. The Morgan fingerprint density at radius 2 is 1.69 bits per heavy atom. The number of carbonyl (C=O) groups excluding carboxylic acids is 1. The van der Waals surface area contributed by atoms with Crippen molar-refractivity contribution < 1.29 is 13.2 Å². The second-order valence-electron chi connectivity index (χ2n) is 7.27. The molecule has 6 nitrogen and oxygen atoms in total. The quantitative estimate of drug-likeness (QED) is 0.523. The molecule has 0 heterocycles. The zero-order valence-corrected chi connectivity index (χ0v) is 18.5.